The maximum absolute atomic E-state index is 11.3. The Labute approximate surface area is 164 Å². The monoisotopic (exact) mass is 416 g/mol. The SMILES string of the molecule is O=c1ccnc(NCc2cn(C3[C@@H](OCCCl)OC(CO)[C@@H](O)[C@@H]3O)nn2)[nH]1. The zero-order valence-electron chi connectivity index (χ0n) is 14.7. The van der Waals surface area contributed by atoms with Crippen molar-refractivity contribution in [2.45, 2.75) is 37.2 Å². The summed E-state index contributed by atoms with van der Waals surface area (Å²) in [4.78, 5) is 17.8. The summed E-state index contributed by atoms with van der Waals surface area (Å²) in [6, 6.07) is 0.384. The Balaban J connectivity index is 1.73. The summed E-state index contributed by atoms with van der Waals surface area (Å²) in [6.45, 7) is -0.147. The molecule has 5 N–H and O–H groups in total. The molecule has 13 heteroatoms. The van der Waals surface area contributed by atoms with Crippen LogP contribution in [0.15, 0.2) is 23.3 Å². The van der Waals surface area contributed by atoms with Gasteiger partial charge in [0.15, 0.2) is 6.29 Å². The standard InChI is InChI=1S/C15H21ClN6O6/c16-2-4-27-14-11(13(26)12(25)9(7-23)28-14)22-6-8(20-21-22)5-18-15-17-3-1-10(24)19-15/h1,3,6,9,11-14,23,25-26H,2,4-5,7H2,(H2,17,18,19,24)/t9?,11?,12-,13-,14+/m1/s1. The molecule has 5 atom stereocenters. The molecule has 3 rings (SSSR count). The fourth-order valence-corrected chi connectivity index (χ4v) is 2.91. The summed E-state index contributed by atoms with van der Waals surface area (Å²) < 4.78 is 12.4. The number of alkyl halides is 1. The second-order valence-corrected chi connectivity index (χ2v) is 6.46. The fraction of sp³-hybridized carbons (Fsp3) is 0.600. The molecule has 0 radical (unpaired) electrons. The molecule has 28 heavy (non-hydrogen) atoms. The van der Waals surface area contributed by atoms with Crippen molar-refractivity contribution >= 4 is 17.5 Å². The highest BCUT2D eigenvalue weighted by molar-refractivity contribution is 6.17. The first-order valence-electron chi connectivity index (χ1n) is 8.53. The van der Waals surface area contributed by atoms with Crippen LogP contribution in [-0.4, -0.2) is 84.0 Å². The quantitative estimate of drug-likeness (QED) is 0.310. The summed E-state index contributed by atoms with van der Waals surface area (Å²) in [5.41, 5.74) is 0.184. The van der Waals surface area contributed by atoms with Gasteiger partial charge < -0.3 is 30.1 Å². The minimum Gasteiger partial charge on any atom is -0.394 e. The molecule has 2 aromatic heterocycles. The Kier molecular flexibility index (Phi) is 6.93. The van der Waals surface area contributed by atoms with Crippen LogP contribution in [0.4, 0.5) is 5.95 Å². The second-order valence-electron chi connectivity index (χ2n) is 6.08. The van der Waals surface area contributed by atoms with Gasteiger partial charge >= 0.3 is 0 Å². The van der Waals surface area contributed by atoms with E-state index in [1.807, 2.05) is 0 Å². The van der Waals surface area contributed by atoms with Crippen LogP contribution in [0.3, 0.4) is 0 Å². The third kappa shape index (κ3) is 4.66. The minimum absolute atomic E-state index is 0.139. The number of ether oxygens (including phenoxy) is 2. The van der Waals surface area contributed by atoms with Gasteiger partial charge in [-0.3, -0.25) is 9.78 Å². The van der Waals surface area contributed by atoms with Gasteiger partial charge in [0, 0.05) is 18.1 Å². The lowest BCUT2D eigenvalue weighted by atomic mass is 9.97. The Morgan fingerprint density at radius 3 is 2.93 bits per heavy atom. The third-order valence-electron chi connectivity index (χ3n) is 4.18. The van der Waals surface area contributed by atoms with E-state index in [9.17, 15) is 20.1 Å². The normalized spacial score (nSPS) is 27.6. The third-order valence-corrected chi connectivity index (χ3v) is 4.33. The number of hydrogen-bond donors (Lipinski definition) is 5. The number of hydrogen-bond acceptors (Lipinski definition) is 10. The maximum atomic E-state index is 11.3. The molecule has 3 heterocycles. The van der Waals surface area contributed by atoms with Crippen LogP contribution in [0, 0.1) is 0 Å². The molecule has 0 amide bonds. The van der Waals surface area contributed by atoms with Crippen LogP contribution >= 0.6 is 11.6 Å². The molecule has 1 aliphatic rings. The van der Waals surface area contributed by atoms with E-state index in [0.29, 0.717) is 5.69 Å². The number of aromatic amines is 1. The lowest BCUT2D eigenvalue weighted by Gasteiger charge is -2.41. The van der Waals surface area contributed by atoms with Crippen LogP contribution in [0.1, 0.15) is 11.7 Å². The van der Waals surface area contributed by atoms with Gasteiger partial charge in [0.2, 0.25) is 5.95 Å². The highest BCUT2D eigenvalue weighted by atomic mass is 35.5. The largest absolute Gasteiger partial charge is 0.394 e. The van der Waals surface area contributed by atoms with Gasteiger partial charge in [0.25, 0.3) is 5.56 Å². The molecule has 0 saturated carbocycles. The van der Waals surface area contributed by atoms with E-state index in [0.717, 1.165) is 0 Å². The first-order chi connectivity index (χ1) is 13.5. The van der Waals surface area contributed by atoms with Crippen molar-refractivity contribution in [1.29, 1.82) is 0 Å². The van der Waals surface area contributed by atoms with E-state index in [4.69, 9.17) is 21.1 Å². The molecule has 0 bridgehead atoms. The van der Waals surface area contributed by atoms with E-state index < -0.39 is 37.3 Å². The summed E-state index contributed by atoms with van der Waals surface area (Å²) >= 11 is 5.65. The summed E-state index contributed by atoms with van der Waals surface area (Å²) in [6.07, 6.45) is -1.75. The van der Waals surface area contributed by atoms with Gasteiger partial charge in [-0.1, -0.05) is 5.21 Å². The highest BCUT2D eigenvalue weighted by Gasteiger charge is 2.46. The molecule has 1 fully saturated rings. The first-order valence-corrected chi connectivity index (χ1v) is 9.07. The summed E-state index contributed by atoms with van der Waals surface area (Å²) in [7, 11) is 0. The zero-order valence-corrected chi connectivity index (χ0v) is 15.4. The zero-order chi connectivity index (χ0) is 20.1. The molecular weight excluding hydrogens is 396 g/mol. The Hall–Kier alpha value is -2.09. The number of H-pyrrole nitrogens is 1. The predicted molar refractivity (Wildman–Crippen MR) is 95.7 cm³/mol. The molecule has 1 aliphatic heterocycles. The number of aromatic nitrogens is 5. The maximum Gasteiger partial charge on any atom is 0.252 e. The lowest BCUT2D eigenvalue weighted by molar-refractivity contribution is -0.280. The van der Waals surface area contributed by atoms with E-state index in [2.05, 4.69) is 25.6 Å². The van der Waals surface area contributed by atoms with E-state index in [1.54, 1.807) is 0 Å². The van der Waals surface area contributed by atoms with Crippen LogP contribution in [0.5, 0.6) is 0 Å². The summed E-state index contributed by atoms with van der Waals surface area (Å²) in [5.74, 6) is 0.469. The van der Waals surface area contributed by atoms with Gasteiger partial charge in [-0.25, -0.2) is 9.67 Å². The van der Waals surface area contributed by atoms with Crippen molar-refractivity contribution in [1.82, 2.24) is 25.0 Å². The van der Waals surface area contributed by atoms with Crippen molar-refractivity contribution in [3.8, 4) is 0 Å². The predicted octanol–water partition coefficient (Wildman–Crippen LogP) is -1.79. The number of nitrogens with one attached hydrogen (secondary N) is 2. The molecule has 1 saturated heterocycles. The van der Waals surface area contributed by atoms with E-state index in [1.165, 1.54) is 23.1 Å². The second kappa shape index (κ2) is 9.41. The molecule has 154 valence electrons. The number of halogens is 1. The van der Waals surface area contributed by atoms with Crippen LogP contribution in [-0.2, 0) is 16.0 Å². The van der Waals surface area contributed by atoms with Crippen molar-refractivity contribution in [2.75, 3.05) is 24.4 Å². The van der Waals surface area contributed by atoms with Crippen LogP contribution < -0.4 is 10.9 Å². The van der Waals surface area contributed by atoms with Gasteiger partial charge in [0.05, 0.1) is 26.0 Å². The van der Waals surface area contributed by atoms with Crippen LogP contribution in [0.25, 0.3) is 0 Å². The van der Waals surface area contributed by atoms with Crippen molar-refractivity contribution in [3.63, 3.8) is 0 Å². The molecule has 2 aromatic rings. The Bertz CT molecular complexity index is 818. The molecular formula is C15H21ClN6O6. The van der Waals surface area contributed by atoms with Crippen molar-refractivity contribution in [3.05, 3.63) is 34.5 Å². The topological polar surface area (TPSA) is 168 Å². The number of aliphatic hydroxyl groups is 3. The van der Waals surface area contributed by atoms with Gasteiger partial charge in [-0.05, 0) is 0 Å². The van der Waals surface area contributed by atoms with Gasteiger partial charge in [-0.2, -0.15) is 0 Å². The number of nitrogens with zero attached hydrogens (tertiary/aromatic N) is 4. The average Bonchev–Trinajstić information content (AvgIpc) is 3.15. The van der Waals surface area contributed by atoms with Crippen molar-refractivity contribution in [2.24, 2.45) is 0 Å². The van der Waals surface area contributed by atoms with E-state index >= 15 is 0 Å². The summed E-state index contributed by atoms with van der Waals surface area (Å²) in [5, 5.41) is 40.9. The van der Waals surface area contributed by atoms with E-state index in [-0.39, 0.29) is 30.5 Å². The molecule has 12 nitrogen and oxygen atoms in total. The molecule has 0 spiro atoms. The minimum atomic E-state index is -1.34. The van der Waals surface area contributed by atoms with Crippen molar-refractivity contribution < 1.29 is 24.8 Å². The fourth-order valence-electron chi connectivity index (χ4n) is 2.82. The average molecular weight is 417 g/mol. The number of aliphatic hydroxyl groups excluding tert-OH is 3. The Morgan fingerprint density at radius 2 is 2.21 bits per heavy atom. The van der Waals surface area contributed by atoms with Gasteiger partial charge in [-0.15, -0.1) is 16.7 Å². The Morgan fingerprint density at radius 1 is 1.39 bits per heavy atom. The van der Waals surface area contributed by atoms with Crippen LogP contribution in [0.2, 0.25) is 0 Å². The number of rotatable bonds is 8. The highest BCUT2D eigenvalue weighted by Crippen LogP contribution is 2.30. The van der Waals surface area contributed by atoms with Gasteiger partial charge in [0.1, 0.15) is 30.0 Å². The molecule has 0 aromatic carbocycles. The smallest absolute Gasteiger partial charge is 0.252 e. The molecule has 2 unspecified atom stereocenters. The molecule has 0 aliphatic carbocycles. The first kappa shape index (κ1) is 20.6. The number of anilines is 1. The lowest BCUT2D eigenvalue weighted by Crippen LogP contribution is -2.57.